The van der Waals surface area contributed by atoms with Crippen LogP contribution in [0.2, 0.25) is 0 Å². The third-order valence-electron chi connectivity index (χ3n) is 4.74. The Hall–Kier alpha value is -3.93. The second-order valence-corrected chi connectivity index (χ2v) is 6.83. The monoisotopic (exact) mass is 399 g/mol. The Morgan fingerprint density at radius 3 is 2.57 bits per heavy atom. The number of rotatable bonds is 6. The summed E-state index contributed by atoms with van der Waals surface area (Å²) in [7, 11) is 1.56. The maximum Gasteiger partial charge on any atom is 0.260 e. The Bertz CT molecular complexity index is 1170. The molecule has 0 atom stereocenters. The van der Waals surface area contributed by atoms with Crippen LogP contribution in [0.15, 0.2) is 77.3 Å². The van der Waals surface area contributed by atoms with Crippen molar-refractivity contribution in [2.75, 3.05) is 12.4 Å². The fraction of sp³-hybridized carbons (Fsp3) is 0.125. The van der Waals surface area contributed by atoms with Crippen LogP contribution in [0.4, 0.5) is 5.69 Å². The molecule has 0 aliphatic heterocycles. The molecule has 4 rings (SSSR count). The number of benzene rings is 3. The van der Waals surface area contributed by atoms with Crippen molar-refractivity contribution in [2.45, 2.75) is 13.3 Å². The highest BCUT2D eigenvalue weighted by atomic mass is 16.5. The number of nitrogens with zero attached hydrogens (tertiary/aromatic N) is 2. The van der Waals surface area contributed by atoms with Crippen LogP contribution in [0.3, 0.4) is 0 Å². The first-order valence-electron chi connectivity index (χ1n) is 9.56. The Morgan fingerprint density at radius 1 is 1.00 bits per heavy atom. The van der Waals surface area contributed by atoms with Crippen molar-refractivity contribution in [3.8, 4) is 17.2 Å². The number of ether oxygens (including phenoxy) is 1. The van der Waals surface area contributed by atoms with Gasteiger partial charge in [-0.15, -0.1) is 0 Å². The number of aromatic nitrogens is 2. The molecule has 1 aromatic heterocycles. The Balaban J connectivity index is 1.59. The molecule has 0 aliphatic carbocycles. The summed E-state index contributed by atoms with van der Waals surface area (Å²) in [5.41, 5.74) is 3.69. The van der Waals surface area contributed by atoms with Gasteiger partial charge in [-0.1, -0.05) is 59.8 Å². The van der Waals surface area contributed by atoms with E-state index in [4.69, 9.17) is 9.26 Å². The van der Waals surface area contributed by atoms with Gasteiger partial charge in [0.2, 0.25) is 0 Å². The minimum atomic E-state index is -0.271. The Labute approximate surface area is 174 Å². The van der Waals surface area contributed by atoms with E-state index >= 15 is 0 Å². The first kappa shape index (κ1) is 19.4. The van der Waals surface area contributed by atoms with Gasteiger partial charge in [-0.3, -0.25) is 4.79 Å². The number of methoxy groups -OCH3 is 1. The van der Waals surface area contributed by atoms with Gasteiger partial charge >= 0.3 is 0 Å². The summed E-state index contributed by atoms with van der Waals surface area (Å²) in [6.07, 6.45) is 0.569. The molecule has 0 unspecified atom stereocenters. The first-order valence-corrected chi connectivity index (χ1v) is 9.56. The van der Waals surface area contributed by atoms with Crippen molar-refractivity contribution in [3.05, 3.63) is 95.3 Å². The largest absolute Gasteiger partial charge is 0.496 e. The maximum atomic E-state index is 12.9. The minimum Gasteiger partial charge on any atom is -0.496 e. The van der Waals surface area contributed by atoms with Crippen LogP contribution >= 0.6 is 0 Å². The van der Waals surface area contributed by atoms with Crippen molar-refractivity contribution >= 4 is 11.6 Å². The summed E-state index contributed by atoms with van der Waals surface area (Å²) in [5.74, 6) is 1.22. The summed E-state index contributed by atoms with van der Waals surface area (Å²) < 4.78 is 10.9. The van der Waals surface area contributed by atoms with E-state index in [0.29, 0.717) is 40.7 Å². The van der Waals surface area contributed by atoms with Crippen molar-refractivity contribution in [2.24, 2.45) is 0 Å². The van der Waals surface area contributed by atoms with Crippen LogP contribution in [-0.4, -0.2) is 23.2 Å². The fourth-order valence-corrected chi connectivity index (χ4v) is 3.28. The maximum absolute atomic E-state index is 12.9. The second-order valence-electron chi connectivity index (χ2n) is 6.83. The molecule has 0 fully saturated rings. The van der Waals surface area contributed by atoms with E-state index in [1.165, 1.54) is 0 Å². The predicted molar refractivity (Wildman–Crippen MR) is 115 cm³/mol. The van der Waals surface area contributed by atoms with E-state index in [1.807, 2.05) is 67.6 Å². The number of anilines is 1. The average molecular weight is 399 g/mol. The van der Waals surface area contributed by atoms with Gasteiger partial charge in [-0.25, -0.2) is 0 Å². The highest BCUT2D eigenvalue weighted by Gasteiger charge is 2.18. The number of amides is 1. The molecule has 0 spiro atoms. The summed E-state index contributed by atoms with van der Waals surface area (Å²) in [5, 5.41) is 7.03. The highest BCUT2D eigenvalue weighted by Crippen LogP contribution is 2.29. The zero-order chi connectivity index (χ0) is 20.9. The molecule has 3 aromatic carbocycles. The molecular weight excluding hydrogens is 378 g/mol. The topological polar surface area (TPSA) is 77.2 Å². The number of para-hydroxylation sites is 2. The lowest BCUT2D eigenvalue weighted by molar-refractivity contribution is 0.102. The highest BCUT2D eigenvalue weighted by molar-refractivity contribution is 6.08. The number of carbonyl (C=O) groups is 1. The molecule has 1 heterocycles. The molecule has 30 heavy (non-hydrogen) atoms. The molecule has 6 heteroatoms. The molecule has 0 bridgehead atoms. The van der Waals surface area contributed by atoms with Crippen LogP contribution in [-0.2, 0) is 6.42 Å². The van der Waals surface area contributed by atoms with Crippen LogP contribution in [0.5, 0.6) is 5.75 Å². The molecule has 0 aliphatic rings. The zero-order valence-corrected chi connectivity index (χ0v) is 16.8. The molecule has 150 valence electrons. The second kappa shape index (κ2) is 8.61. The number of carbonyl (C=O) groups excluding carboxylic acids is 1. The standard InChI is InChI=1S/C24H21N3O3/c1-16-9-8-13-19(22(16)29-2)23(28)25-20-14-7-6-12-18(20)24-26-21(27-30-24)15-17-10-4-3-5-11-17/h3-14H,15H2,1-2H3,(H,25,28). The van der Waals surface area contributed by atoms with Gasteiger partial charge in [0.1, 0.15) is 5.75 Å². The normalized spacial score (nSPS) is 10.6. The van der Waals surface area contributed by atoms with E-state index in [2.05, 4.69) is 15.5 Å². The lowest BCUT2D eigenvalue weighted by Gasteiger charge is -2.12. The third-order valence-corrected chi connectivity index (χ3v) is 4.74. The van der Waals surface area contributed by atoms with E-state index in [-0.39, 0.29) is 5.91 Å². The number of hydrogen-bond acceptors (Lipinski definition) is 5. The molecule has 6 nitrogen and oxygen atoms in total. The predicted octanol–water partition coefficient (Wildman–Crippen LogP) is 4.90. The summed E-state index contributed by atoms with van der Waals surface area (Å²) >= 11 is 0. The summed E-state index contributed by atoms with van der Waals surface area (Å²) in [6.45, 7) is 1.90. The number of nitrogens with one attached hydrogen (secondary N) is 1. The van der Waals surface area contributed by atoms with Gasteiger partial charge in [0.15, 0.2) is 5.82 Å². The van der Waals surface area contributed by atoms with E-state index < -0.39 is 0 Å². The van der Waals surface area contributed by atoms with Crippen molar-refractivity contribution in [1.29, 1.82) is 0 Å². The SMILES string of the molecule is COc1c(C)cccc1C(=O)Nc1ccccc1-c1nc(Cc2ccccc2)no1. The molecule has 4 aromatic rings. The van der Waals surface area contributed by atoms with E-state index in [1.54, 1.807) is 19.2 Å². The van der Waals surface area contributed by atoms with Crippen LogP contribution in [0.25, 0.3) is 11.5 Å². The fourth-order valence-electron chi connectivity index (χ4n) is 3.28. The molecule has 1 amide bonds. The molecule has 1 N–H and O–H groups in total. The molecular formula is C24H21N3O3. The smallest absolute Gasteiger partial charge is 0.260 e. The van der Waals surface area contributed by atoms with Crippen molar-refractivity contribution in [1.82, 2.24) is 10.1 Å². The van der Waals surface area contributed by atoms with Gasteiger partial charge in [0.05, 0.1) is 23.9 Å². The van der Waals surface area contributed by atoms with Gasteiger partial charge in [-0.05, 0) is 36.2 Å². The minimum absolute atomic E-state index is 0.271. The average Bonchev–Trinajstić information content (AvgIpc) is 3.23. The van der Waals surface area contributed by atoms with Crippen molar-refractivity contribution < 1.29 is 14.1 Å². The number of aryl methyl sites for hydroxylation is 1. The number of hydrogen-bond donors (Lipinski definition) is 1. The van der Waals surface area contributed by atoms with Gasteiger partial charge in [0.25, 0.3) is 11.8 Å². The van der Waals surface area contributed by atoms with E-state index in [9.17, 15) is 4.79 Å². The molecule has 0 saturated carbocycles. The Kier molecular flexibility index (Phi) is 5.57. The first-order chi connectivity index (χ1) is 14.7. The molecule has 0 saturated heterocycles. The van der Waals surface area contributed by atoms with Gasteiger partial charge in [0, 0.05) is 6.42 Å². The van der Waals surface area contributed by atoms with Crippen LogP contribution in [0, 0.1) is 6.92 Å². The summed E-state index contributed by atoms with van der Waals surface area (Å²) in [4.78, 5) is 17.4. The Morgan fingerprint density at radius 2 is 1.77 bits per heavy atom. The van der Waals surface area contributed by atoms with Crippen LogP contribution < -0.4 is 10.1 Å². The van der Waals surface area contributed by atoms with Crippen molar-refractivity contribution in [3.63, 3.8) is 0 Å². The van der Waals surface area contributed by atoms with Gasteiger partial charge in [-0.2, -0.15) is 4.98 Å². The van der Waals surface area contributed by atoms with Gasteiger partial charge < -0.3 is 14.6 Å². The quantitative estimate of drug-likeness (QED) is 0.499. The zero-order valence-electron chi connectivity index (χ0n) is 16.8. The van der Waals surface area contributed by atoms with E-state index in [0.717, 1.165) is 11.1 Å². The summed E-state index contributed by atoms with van der Waals surface area (Å²) in [6, 6.07) is 22.7. The molecule has 0 radical (unpaired) electrons. The third kappa shape index (κ3) is 4.07. The lowest BCUT2D eigenvalue weighted by atomic mass is 10.1. The van der Waals surface area contributed by atoms with Crippen LogP contribution in [0.1, 0.15) is 27.3 Å². The lowest BCUT2D eigenvalue weighted by Crippen LogP contribution is -2.14.